The first-order valence-electron chi connectivity index (χ1n) is 10.5. The normalized spacial score (nSPS) is 16.0. The van der Waals surface area contributed by atoms with Crippen LogP contribution in [0.3, 0.4) is 0 Å². The third-order valence-electron chi connectivity index (χ3n) is 5.63. The smallest absolute Gasteiger partial charge is 0.265 e. The average Bonchev–Trinajstić information content (AvgIpc) is 2.80. The molecule has 2 aromatic rings. The summed E-state index contributed by atoms with van der Waals surface area (Å²) in [6.45, 7) is 1.65. The van der Waals surface area contributed by atoms with Crippen LogP contribution in [0.15, 0.2) is 53.4 Å². The van der Waals surface area contributed by atoms with Crippen LogP contribution in [-0.2, 0) is 14.8 Å². The minimum absolute atomic E-state index is 0.0501. The Balaban J connectivity index is 1.60. The van der Waals surface area contributed by atoms with Gasteiger partial charge in [0.1, 0.15) is 11.5 Å². The molecule has 1 atom stereocenters. The molecule has 168 valence electrons. The Morgan fingerprint density at radius 3 is 2.16 bits per heavy atom. The molecule has 1 fully saturated rings. The maximum atomic E-state index is 12.9. The predicted octanol–water partition coefficient (Wildman–Crippen LogP) is 4.05. The van der Waals surface area contributed by atoms with Crippen LogP contribution in [0.1, 0.15) is 39.0 Å². The van der Waals surface area contributed by atoms with Gasteiger partial charge in [0, 0.05) is 18.8 Å². The Morgan fingerprint density at radius 1 is 1.00 bits per heavy atom. The van der Waals surface area contributed by atoms with Crippen molar-refractivity contribution >= 4 is 21.6 Å². The van der Waals surface area contributed by atoms with Crippen LogP contribution in [-0.4, -0.2) is 44.9 Å². The second-order valence-electron chi connectivity index (χ2n) is 7.76. The molecule has 8 heteroatoms. The van der Waals surface area contributed by atoms with Gasteiger partial charge in [0.2, 0.25) is 10.0 Å². The molecule has 1 aliphatic carbocycles. The lowest BCUT2D eigenvalue weighted by atomic mass is 9.96. The fourth-order valence-electron chi connectivity index (χ4n) is 3.67. The summed E-state index contributed by atoms with van der Waals surface area (Å²) in [4.78, 5) is 12.7. The molecule has 0 aromatic heterocycles. The van der Waals surface area contributed by atoms with Crippen LogP contribution < -0.4 is 14.8 Å². The number of nitrogens with zero attached hydrogens (tertiary/aromatic N) is 1. The van der Waals surface area contributed by atoms with E-state index in [2.05, 4.69) is 5.32 Å². The van der Waals surface area contributed by atoms with Gasteiger partial charge in [-0.1, -0.05) is 19.3 Å². The molecule has 0 radical (unpaired) electrons. The highest BCUT2D eigenvalue weighted by molar-refractivity contribution is 7.89. The highest BCUT2D eigenvalue weighted by Crippen LogP contribution is 2.27. The Labute approximate surface area is 184 Å². The SMILES string of the molecule is COc1ccc(OC(C)C(=O)Nc2ccc(S(=O)(=O)N(C)C3CCCCC3)cc2)cc1. The third kappa shape index (κ3) is 5.77. The summed E-state index contributed by atoms with van der Waals surface area (Å²) < 4.78 is 38.1. The van der Waals surface area contributed by atoms with Gasteiger partial charge in [-0.3, -0.25) is 4.79 Å². The Bertz CT molecular complexity index is 968. The van der Waals surface area contributed by atoms with E-state index in [4.69, 9.17) is 9.47 Å². The van der Waals surface area contributed by atoms with E-state index in [-0.39, 0.29) is 16.8 Å². The van der Waals surface area contributed by atoms with Crippen molar-refractivity contribution in [1.29, 1.82) is 0 Å². The van der Waals surface area contributed by atoms with Crippen molar-refractivity contribution in [3.63, 3.8) is 0 Å². The summed E-state index contributed by atoms with van der Waals surface area (Å²) in [7, 11) is -0.329. The molecule has 2 aromatic carbocycles. The summed E-state index contributed by atoms with van der Waals surface area (Å²) in [6, 6.07) is 13.3. The molecule has 3 rings (SSSR count). The number of anilines is 1. The van der Waals surface area contributed by atoms with Gasteiger partial charge in [-0.25, -0.2) is 8.42 Å². The lowest BCUT2D eigenvalue weighted by Gasteiger charge is -2.30. The molecule has 7 nitrogen and oxygen atoms in total. The zero-order valence-electron chi connectivity index (χ0n) is 18.2. The Kier molecular flexibility index (Phi) is 7.56. The van der Waals surface area contributed by atoms with Crippen LogP contribution >= 0.6 is 0 Å². The van der Waals surface area contributed by atoms with E-state index >= 15 is 0 Å². The van der Waals surface area contributed by atoms with Gasteiger partial charge in [0.05, 0.1) is 12.0 Å². The molecule has 0 heterocycles. The molecule has 1 N–H and O–H groups in total. The van der Waals surface area contributed by atoms with Crippen LogP contribution in [0.2, 0.25) is 0 Å². The summed E-state index contributed by atoms with van der Waals surface area (Å²) in [5, 5.41) is 2.76. The number of amides is 1. The highest BCUT2D eigenvalue weighted by atomic mass is 32.2. The summed E-state index contributed by atoms with van der Waals surface area (Å²) >= 11 is 0. The molecular weight excluding hydrogens is 416 g/mol. The molecular formula is C23H30N2O5S. The van der Waals surface area contributed by atoms with Gasteiger partial charge in [-0.05, 0) is 68.3 Å². The van der Waals surface area contributed by atoms with Crippen molar-refractivity contribution in [3.05, 3.63) is 48.5 Å². The lowest BCUT2D eigenvalue weighted by Crippen LogP contribution is -2.38. The van der Waals surface area contributed by atoms with E-state index in [0.29, 0.717) is 17.2 Å². The molecule has 1 saturated carbocycles. The maximum absolute atomic E-state index is 12.9. The largest absolute Gasteiger partial charge is 0.497 e. The molecule has 1 aliphatic rings. The van der Waals surface area contributed by atoms with Gasteiger partial charge in [0.25, 0.3) is 5.91 Å². The molecule has 31 heavy (non-hydrogen) atoms. The number of ether oxygens (including phenoxy) is 2. The van der Waals surface area contributed by atoms with Gasteiger partial charge in [-0.15, -0.1) is 0 Å². The van der Waals surface area contributed by atoms with Crippen LogP contribution in [0.4, 0.5) is 5.69 Å². The van der Waals surface area contributed by atoms with Crippen molar-refractivity contribution in [2.75, 3.05) is 19.5 Å². The molecule has 1 amide bonds. The molecule has 0 bridgehead atoms. The molecule has 0 saturated heterocycles. The Morgan fingerprint density at radius 2 is 1.58 bits per heavy atom. The minimum atomic E-state index is -3.56. The summed E-state index contributed by atoms with van der Waals surface area (Å²) in [5.41, 5.74) is 0.509. The number of hydrogen-bond acceptors (Lipinski definition) is 5. The molecule has 0 spiro atoms. The van der Waals surface area contributed by atoms with Crippen molar-refractivity contribution in [3.8, 4) is 11.5 Å². The number of carbonyl (C=O) groups is 1. The lowest BCUT2D eigenvalue weighted by molar-refractivity contribution is -0.122. The predicted molar refractivity (Wildman–Crippen MR) is 120 cm³/mol. The fourth-order valence-corrected chi connectivity index (χ4v) is 5.09. The quantitative estimate of drug-likeness (QED) is 0.661. The van der Waals surface area contributed by atoms with E-state index in [1.807, 2.05) is 0 Å². The average molecular weight is 447 g/mol. The first-order chi connectivity index (χ1) is 14.8. The van der Waals surface area contributed by atoms with E-state index < -0.39 is 16.1 Å². The van der Waals surface area contributed by atoms with Gasteiger partial charge >= 0.3 is 0 Å². The first-order valence-corrected chi connectivity index (χ1v) is 11.9. The molecule has 0 aliphatic heterocycles. The number of nitrogens with one attached hydrogen (secondary N) is 1. The number of sulfonamides is 1. The highest BCUT2D eigenvalue weighted by Gasteiger charge is 2.29. The zero-order chi connectivity index (χ0) is 22.4. The van der Waals surface area contributed by atoms with Crippen molar-refractivity contribution < 1.29 is 22.7 Å². The number of methoxy groups -OCH3 is 1. The number of hydrogen-bond donors (Lipinski definition) is 1. The van der Waals surface area contributed by atoms with Crippen molar-refractivity contribution in [2.24, 2.45) is 0 Å². The van der Waals surface area contributed by atoms with E-state index in [1.165, 1.54) is 22.9 Å². The van der Waals surface area contributed by atoms with Crippen molar-refractivity contribution in [1.82, 2.24) is 4.31 Å². The number of benzene rings is 2. The number of carbonyl (C=O) groups excluding carboxylic acids is 1. The van der Waals surface area contributed by atoms with E-state index in [1.54, 1.807) is 57.5 Å². The van der Waals surface area contributed by atoms with Crippen molar-refractivity contribution in [2.45, 2.75) is 56.1 Å². The first kappa shape index (κ1) is 23.1. The fraction of sp³-hybridized carbons (Fsp3) is 0.435. The van der Waals surface area contributed by atoms with E-state index in [9.17, 15) is 13.2 Å². The van der Waals surface area contributed by atoms with Crippen LogP contribution in [0.5, 0.6) is 11.5 Å². The van der Waals surface area contributed by atoms with Crippen LogP contribution in [0, 0.1) is 0 Å². The van der Waals surface area contributed by atoms with Gasteiger partial charge in [0.15, 0.2) is 6.10 Å². The summed E-state index contributed by atoms with van der Waals surface area (Å²) in [5.74, 6) is 0.926. The summed E-state index contributed by atoms with van der Waals surface area (Å²) in [6.07, 6.45) is 4.36. The van der Waals surface area contributed by atoms with Gasteiger partial charge in [-0.2, -0.15) is 4.31 Å². The second kappa shape index (κ2) is 10.2. The van der Waals surface area contributed by atoms with Gasteiger partial charge < -0.3 is 14.8 Å². The third-order valence-corrected chi connectivity index (χ3v) is 7.55. The molecule has 1 unspecified atom stereocenters. The zero-order valence-corrected chi connectivity index (χ0v) is 19.0. The van der Waals surface area contributed by atoms with Crippen LogP contribution in [0.25, 0.3) is 0 Å². The standard InChI is InChI=1S/C23H30N2O5S/c1-17(30-21-13-11-20(29-3)12-14-21)23(26)24-18-9-15-22(16-10-18)31(27,28)25(2)19-7-5-4-6-8-19/h9-17,19H,4-8H2,1-3H3,(H,24,26). The maximum Gasteiger partial charge on any atom is 0.265 e. The topological polar surface area (TPSA) is 84.9 Å². The second-order valence-corrected chi connectivity index (χ2v) is 9.76. The Hall–Kier alpha value is -2.58. The minimum Gasteiger partial charge on any atom is -0.497 e. The van der Waals surface area contributed by atoms with E-state index in [0.717, 1.165) is 25.7 Å². The monoisotopic (exact) mass is 446 g/mol. The number of rotatable bonds is 8.